The molecule has 0 unspecified atom stereocenters. The van der Waals surface area contributed by atoms with Gasteiger partial charge in [0.15, 0.2) is 0 Å². The predicted molar refractivity (Wildman–Crippen MR) is 104 cm³/mol. The molecule has 0 atom stereocenters. The highest BCUT2D eigenvalue weighted by molar-refractivity contribution is 7.19. The van der Waals surface area contributed by atoms with Crippen molar-refractivity contribution in [3.63, 3.8) is 0 Å². The first kappa shape index (κ1) is 19.4. The molecule has 2 heterocycles. The quantitative estimate of drug-likeness (QED) is 0.527. The molecule has 0 radical (unpaired) electrons. The topological polar surface area (TPSA) is 12.9 Å². The van der Waals surface area contributed by atoms with Crippen molar-refractivity contribution in [2.75, 3.05) is 0 Å². The fourth-order valence-electron chi connectivity index (χ4n) is 4.01. The molecule has 3 rings (SSSR count). The van der Waals surface area contributed by atoms with E-state index in [1.165, 1.54) is 11.3 Å². The smallest absolute Gasteiger partial charge is 0.255 e. The Labute approximate surface area is 157 Å². The second-order valence-corrected chi connectivity index (χ2v) is 9.33. The van der Waals surface area contributed by atoms with Crippen molar-refractivity contribution < 1.29 is 13.2 Å². The number of hydrogen-bond acceptors (Lipinski definition) is 2. The van der Waals surface area contributed by atoms with Gasteiger partial charge in [-0.05, 0) is 74.5 Å². The first-order valence-corrected chi connectivity index (χ1v) is 9.93. The van der Waals surface area contributed by atoms with Gasteiger partial charge in [-0.1, -0.05) is 19.9 Å². The van der Waals surface area contributed by atoms with E-state index in [9.17, 15) is 13.2 Å². The van der Waals surface area contributed by atoms with Crippen LogP contribution in [-0.2, 0) is 5.41 Å². The Kier molecular flexibility index (Phi) is 4.75. The van der Waals surface area contributed by atoms with Gasteiger partial charge in [-0.3, -0.25) is 4.98 Å². The maximum atomic E-state index is 14.3. The van der Waals surface area contributed by atoms with Gasteiger partial charge < -0.3 is 0 Å². The molecule has 1 fully saturated rings. The molecular weight excluding hydrogens is 355 g/mol. The molecule has 1 saturated carbocycles. The van der Waals surface area contributed by atoms with E-state index in [1.54, 1.807) is 6.20 Å². The zero-order valence-corrected chi connectivity index (χ0v) is 16.9. The van der Waals surface area contributed by atoms with Crippen LogP contribution in [0.4, 0.5) is 13.2 Å². The van der Waals surface area contributed by atoms with Crippen molar-refractivity contribution >= 4 is 27.0 Å². The highest BCUT2D eigenvalue weighted by Gasteiger charge is 2.59. The maximum Gasteiger partial charge on any atom is 0.399 e. The molecule has 2 aromatic heterocycles. The summed E-state index contributed by atoms with van der Waals surface area (Å²) in [6.45, 7) is 9.87. The number of alkyl halides is 3. The number of rotatable bonds is 2. The van der Waals surface area contributed by atoms with Crippen molar-refractivity contribution in [1.82, 2.24) is 4.98 Å². The average Bonchev–Trinajstić information content (AvgIpc) is 2.91. The third-order valence-electron chi connectivity index (χ3n) is 6.09. The minimum atomic E-state index is -4.24. The minimum Gasteiger partial charge on any atom is -0.255 e. The first-order valence-electron chi connectivity index (χ1n) is 9.11. The van der Waals surface area contributed by atoms with Crippen LogP contribution < -0.4 is 0 Å². The Bertz CT molecular complexity index is 848. The maximum absolute atomic E-state index is 14.3. The van der Waals surface area contributed by atoms with Crippen molar-refractivity contribution in [2.45, 2.75) is 71.9 Å². The summed E-state index contributed by atoms with van der Waals surface area (Å²) >= 11 is 1.30. The van der Waals surface area contributed by atoms with Crippen molar-refractivity contribution in [1.29, 1.82) is 0 Å². The lowest BCUT2D eigenvalue weighted by Gasteiger charge is -2.44. The number of fused-ring (bicyclic) bond motifs is 1. The van der Waals surface area contributed by atoms with Crippen LogP contribution in [0.25, 0.3) is 15.7 Å². The number of halogens is 3. The van der Waals surface area contributed by atoms with Gasteiger partial charge in [0.2, 0.25) is 0 Å². The lowest BCUT2D eigenvalue weighted by Crippen LogP contribution is -2.46. The number of allylic oxidation sites excluding steroid dienone is 2. The van der Waals surface area contributed by atoms with Crippen LogP contribution in [0.15, 0.2) is 18.3 Å². The van der Waals surface area contributed by atoms with Crippen LogP contribution in [0, 0.1) is 12.3 Å². The Morgan fingerprint density at radius 1 is 1.19 bits per heavy atom. The van der Waals surface area contributed by atoms with Crippen molar-refractivity contribution in [3.05, 3.63) is 34.5 Å². The van der Waals surface area contributed by atoms with Gasteiger partial charge in [0.25, 0.3) is 0 Å². The predicted octanol–water partition coefficient (Wildman–Crippen LogP) is 7.43. The van der Waals surface area contributed by atoms with Gasteiger partial charge in [-0.15, -0.1) is 11.3 Å². The number of thiophene rings is 1. The van der Waals surface area contributed by atoms with Gasteiger partial charge in [0.05, 0.1) is 10.4 Å². The minimum absolute atomic E-state index is 0.0202. The van der Waals surface area contributed by atoms with E-state index in [1.807, 2.05) is 32.9 Å². The summed E-state index contributed by atoms with van der Waals surface area (Å²) in [5, 5.41) is 0.907. The van der Waals surface area contributed by atoms with E-state index >= 15 is 0 Å². The van der Waals surface area contributed by atoms with E-state index in [-0.39, 0.29) is 18.3 Å². The van der Waals surface area contributed by atoms with E-state index in [0.29, 0.717) is 17.7 Å². The Morgan fingerprint density at radius 3 is 2.35 bits per heavy atom. The van der Waals surface area contributed by atoms with E-state index in [2.05, 4.69) is 18.8 Å². The number of aryl methyl sites for hydroxylation is 1. The van der Waals surface area contributed by atoms with Crippen molar-refractivity contribution in [3.8, 4) is 0 Å². The zero-order chi connectivity index (χ0) is 19.3. The zero-order valence-electron chi connectivity index (χ0n) is 16.0. The van der Waals surface area contributed by atoms with E-state index < -0.39 is 11.6 Å². The third kappa shape index (κ3) is 2.98. The number of aromatic nitrogens is 1. The Hall–Kier alpha value is -1.36. The number of pyridine rings is 1. The molecule has 26 heavy (non-hydrogen) atoms. The van der Waals surface area contributed by atoms with Gasteiger partial charge in [-0.2, -0.15) is 13.2 Å². The molecule has 5 heteroatoms. The van der Waals surface area contributed by atoms with Crippen LogP contribution in [-0.4, -0.2) is 11.2 Å². The van der Waals surface area contributed by atoms with Crippen LogP contribution in [0.3, 0.4) is 0 Å². The molecule has 0 aliphatic heterocycles. The molecule has 142 valence electrons. The molecule has 1 nitrogen and oxygen atoms in total. The van der Waals surface area contributed by atoms with E-state index in [0.717, 1.165) is 26.9 Å². The standard InChI is InChI=1S/C21H26F3NS/c1-6-13(2)16-17-15(7-12-25-16)14(3)18(26-17)20(21(22,23)24)10-8-19(4,5)9-11-20/h6-7,12H,8-11H2,1-5H3/b13-6+. The fraction of sp³-hybridized carbons (Fsp3) is 0.571. The molecule has 2 aromatic rings. The monoisotopic (exact) mass is 381 g/mol. The Morgan fingerprint density at radius 2 is 1.81 bits per heavy atom. The van der Waals surface area contributed by atoms with E-state index in [4.69, 9.17) is 0 Å². The molecule has 0 bridgehead atoms. The van der Waals surface area contributed by atoms with Crippen LogP contribution in [0.2, 0.25) is 0 Å². The number of hydrogen-bond donors (Lipinski definition) is 0. The molecule has 0 spiro atoms. The largest absolute Gasteiger partial charge is 0.399 e. The highest BCUT2D eigenvalue weighted by atomic mass is 32.1. The highest BCUT2D eigenvalue weighted by Crippen LogP contribution is 2.58. The normalized spacial score (nSPS) is 20.5. The average molecular weight is 382 g/mol. The van der Waals surface area contributed by atoms with Crippen LogP contribution in [0.1, 0.15) is 69.5 Å². The van der Waals surface area contributed by atoms with Gasteiger partial charge in [0, 0.05) is 11.1 Å². The molecule has 1 aliphatic carbocycles. The third-order valence-corrected chi connectivity index (χ3v) is 7.61. The lowest BCUT2D eigenvalue weighted by molar-refractivity contribution is -0.203. The molecule has 0 saturated heterocycles. The second kappa shape index (κ2) is 6.36. The molecule has 1 aliphatic rings. The van der Waals surface area contributed by atoms with Crippen LogP contribution >= 0.6 is 11.3 Å². The molecule has 0 N–H and O–H groups in total. The molecule has 0 aromatic carbocycles. The lowest BCUT2D eigenvalue weighted by atomic mass is 9.63. The number of nitrogens with zero attached hydrogens (tertiary/aromatic N) is 1. The summed E-state index contributed by atoms with van der Waals surface area (Å²) in [6, 6.07) is 1.86. The summed E-state index contributed by atoms with van der Waals surface area (Å²) in [5.41, 5.74) is 0.826. The summed E-state index contributed by atoms with van der Waals surface area (Å²) in [7, 11) is 0. The second-order valence-electron chi connectivity index (χ2n) is 8.31. The van der Waals surface area contributed by atoms with Gasteiger partial charge >= 0.3 is 6.18 Å². The molecular formula is C21H26F3NS. The Balaban J connectivity index is 2.23. The summed E-state index contributed by atoms with van der Waals surface area (Å²) in [6.07, 6.45) is 0.958. The van der Waals surface area contributed by atoms with Crippen LogP contribution in [0.5, 0.6) is 0 Å². The van der Waals surface area contributed by atoms with Gasteiger partial charge in [0.1, 0.15) is 5.41 Å². The fourth-order valence-corrected chi connectivity index (χ4v) is 5.64. The summed E-state index contributed by atoms with van der Waals surface area (Å²) in [5.74, 6) is 0. The first-order chi connectivity index (χ1) is 12.0. The molecule has 0 amide bonds. The van der Waals surface area contributed by atoms with Crippen molar-refractivity contribution in [2.24, 2.45) is 5.41 Å². The summed E-state index contributed by atoms with van der Waals surface area (Å²) in [4.78, 5) is 4.94. The summed E-state index contributed by atoms with van der Waals surface area (Å²) < 4.78 is 43.9. The van der Waals surface area contributed by atoms with Gasteiger partial charge in [-0.25, -0.2) is 0 Å². The SMILES string of the molecule is C/C=C(\C)c1nccc2c(C)c(C3(C(F)(F)F)CCC(C)(C)CC3)sc12.